The van der Waals surface area contributed by atoms with Crippen LogP contribution in [0.15, 0.2) is 48.5 Å². The summed E-state index contributed by atoms with van der Waals surface area (Å²) in [5.41, 5.74) is 1.22. The highest BCUT2D eigenvalue weighted by molar-refractivity contribution is 6.00. The fourth-order valence-electron chi connectivity index (χ4n) is 3.24. The molecule has 0 aliphatic carbocycles. The monoisotopic (exact) mass is 426 g/mol. The van der Waals surface area contributed by atoms with Crippen LogP contribution in [0.1, 0.15) is 20.3 Å². The number of hydrogen-bond donors (Lipinski definition) is 1. The first-order valence-corrected chi connectivity index (χ1v) is 10.0. The molecule has 31 heavy (non-hydrogen) atoms. The SMILES string of the molecule is COc1cccc(NC(=O)COC(=O)[C@@H]2CC(=O)N(c3ccc(OC(C)C)cc3)C2)c1. The van der Waals surface area contributed by atoms with Gasteiger partial charge in [-0.15, -0.1) is 0 Å². The van der Waals surface area contributed by atoms with E-state index in [0.29, 0.717) is 22.9 Å². The quantitative estimate of drug-likeness (QED) is 0.652. The van der Waals surface area contributed by atoms with E-state index in [1.54, 1.807) is 53.4 Å². The Kier molecular flexibility index (Phi) is 7.12. The van der Waals surface area contributed by atoms with Gasteiger partial charge in [0.2, 0.25) is 5.91 Å². The predicted molar refractivity (Wildman–Crippen MR) is 115 cm³/mol. The second kappa shape index (κ2) is 9.97. The molecule has 0 bridgehead atoms. The van der Waals surface area contributed by atoms with Gasteiger partial charge in [-0.3, -0.25) is 14.4 Å². The van der Waals surface area contributed by atoms with Crippen molar-refractivity contribution in [2.24, 2.45) is 5.92 Å². The summed E-state index contributed by atoms with van der Waals surface area (Å²) in [5, 5.41) is 2.64. The lowest BCUT2D eigenvalue weighted by atomic mass is 10.1. The van der Waals surface area contributed by atoms with Crippen molar-refractivity contribution in [1.82, 2.24) is 0 Å². The van der Waals surface area contributed by atoms with E-state index in [2.05, 4.69) is 5.32 Å². The van der Waals surface area contributed by atoms with E-state index in [-0.39, 0.29) is 25.0 Å². The second-order valence-corrected chi connectivity index (χ2v) is 7.45. The largest absolute Gasteiger partial charge is 0.497 e. The summed E-state index contributed by atoms with van der Waals surface area (Å²) in [7, 11) is 1.53. The van der Waals surface area contributed by atoms with Gasteiger partial charge in [0.15, 0.2) is 6.61 Å². The van der Waals surface area contributed by atoms with E-state index in [4.69, 9.17) is 14.2 Å². The standard InChI is InChI=1S/C23H26N2O6/c1-15(2)31-19-9-7-18(8-10-19)25-13-16(11-22(25)27)23(28)30-14-21(26)24-17-5-4-6-20(12-17)29-3/h4-10,12,15-16H,11,13-14H2,1-3H3,(H,24,26)/t16-/m1/s1. The summed E-state index contributed by atoms with van der Waals surface area (Å²) >= 11 is 0. The number of esters is 1. The van der Waals surface area contributed by atoms with Crippen LogP contribution in [-0.4, -0.2) is 44.1 Å². The van der Waals surface area contributed by atoms with Crippen molar-refractivity contribution in [3.8, 4) is 11.5 Å². The van der Waals surface area contributed by atoms with Crippen LogP contribution in [0.2, 0.25) is 0 Å². The van der Waals surface area contributed by atoms with Crippen LogP contribution < -0.4 is 19.7 Å². The zero-order chi connectivity index (χ0) is 22.4. The minimum absolute atomic E-state index is 0.0422. The molecule has 8 nitrogen and oxygen atoms in total. The van der Waals surface area contributed by atoms with Crippen molar-refractivity contribution in [1.29, 1.82) is 0 Å². The van der Waals surface area contributed by atoms with E-state index >= 15 is 0 Å². The first kappa shape index (κ1) is 22.1. The molecular weight excluding hydrogens is 400 g/mol. The number of hydrogen-bond acceptors (Lipinski definition) is 6. The minimum Gasteiger partial charge on any atom is -0.497 e. The topological polar surface area (TPSA) is 94.2 Å². The van der Waals surface area contributed by atoms with Crippen molar-refractivity contribution in [2.75, 3.05) is 30.5 Å². The van der Waals surface area contributed by atoms with Crippen molar-refractivity contribution < 1.29 is 28.6 Å². The third-order valence-electron chi connectivity index (χ3n) is 4.68. The van der Waals surface area contributed by atoms with Crippen molar-refractivity contribution >= 4 is 29.2 Å². The average Bonchev–Trinajstić information content (AvgIpc) is 3.14. The van der Waals surface area contributed by atoms with E-state index in [1.165, 1.54) is 7.11 Å². The Labute approximate surface area is 181 Å². The first-order chi connectivity index (χ1) is 14.9. The van der Waals surface area contributed by atoms with Crippen LogP contribution in [0.4, 0.5) is 11.4 Å². The Hall–Kier alpha value is -3.55. The molecule has 1 N–H and O–H groups in total. The number of carbonyl (C=O) groups excluding carboxylic acids is 3. The Morgan fingerprint density at radius 1 is 1.13 bits per heavy atom. The summed E-state index contributed by atoms with van der Waals surface area (Å²) in [6.07, 6.45) is 0.0974. The molecule has 2 amide bonds. The maximum atomic E-state index is 12.4. The fourth-order valence-corrected chi connectivity index (χ4v) is 3.24. The van der Waals surface area contributed by atoms with Crippen LogP contribution in [0.3, 0.4) is 0 Å². The molecule has 1 aliphatic rings. The van der Waals surface area contributed by atoms with E-state index in [0.717, 1.165) is 0 Å². The van der Waals surface area contributed by atoms with Gasteiger partial charge in [-0.05, 0) is 50.2 Å². The molecule has 3 rings (SSSR count). The summed E-state index contributed by atoms with van der Waals surface area (Å²) < 4.78 is 15.8. The van der Waals surface area contributed by atoms with E-state index < -0.39 is 24.4 Å². The molecule has 0 saturated carbocycles. The lowest BCUT2D eigenvalue weighted by Crippen LogP contribution is -2.28. The van der Waals surface area contributed by atoms with E-state index in [1.807, 2.05) is 13.8 Å². The van der Waals surface area contributed by atoms with Gasteiger partial charge in [-0.2, -0.15) is 0 Å². The molecule has 2 aromatic carbocycles. The third-order valence-corrected chi connectivity index (χ3v) is 4.68. The molecule has 1 aliphatic heterocycles. The highest BCUT2D eigenvalue weighted by Gasteiger charge is 2.36. The van der Waals surface area contributed by atoms with Gasteiger partial charge < -0.3 is 24.4 Å². The zero-order valence-electron chi connectivity index (χ0n) is 17.8. The third kappa shape index (κ3) is 5.97. The summed E-state index contributed by atoms with van der Waals surface area (Å²) in [5.74, 6) is -0.518. The van der Waals surface area contributed by atoms with Gasteiger partial charge in [-0.1, -0.05) is 6.07 Å². The minimum atomic E-state index is -0.622. The molecular formula is C23H26N2O6. The molecule has 0 spiro atoms. The van der Waals surface area contributed by atoms with Gasteiger partial charge in [0.25, 0.3) is 5.91 Å². The predicted octanol–water partition coefficient (Wildman–Crippen LogP) is 3.02. The Morgan fingerprint density at radius 2 is 1.87 bits per heavy atom. The normalized spacial score (nSPS) is 15.7. The molecule has 1 fully saturated rings. The van der Waals surface area contributed by atoms with Crippen LogP contribution >= 0.6 is 0 Å². The van der Waals surface area contributed by atoms with Crippen LogP contribution in [0.25, 0.3) is 0 Å². The fraction of sp³-hybridized carbons (Fsp3) is 0.348. The maximum Gasteiger partial charge on any atom is 0.311 e. The summed E-state index contributed by atoms with van der Waals surface area (Å²) in [4.78, 5) is 38.4. The number of nitrogens with zero attached hydrogens (tertiary/aromatic N) is 1. The number of methoxy groups -OCH3 is 1. The Morgan fingerprint density at radius 3 is 2.55 bits per heavy atom. The van der Waals surface area contributed by atoms with Crippen molar-refractivity contribution in [2.45, 2.75) is 26.4 Å². The molecule has 1 saturated heterocycles. The van der Waals surface area contributed by atoms with Crippen molar-refractivity contribution in [3.05, 3.63) is 48.5 Å². The van der Waals surface area contributed by atoms with Gasteiger partial charge in [-0.25, -0.2) is 0 Å². The number of nitrogens with one attached hydrogen (secondary N) is 1. The number of benzene rings is 2. The van der Waals surface area contributed by atoms with Gasteiger partial charge in [0, 0.05) is 30.4 Å². The number of amides is 2. The summed E-state index contributed by atoms with van der Waals surface area (Å²) in [6.45, 7) is 3.65. The Bertz CT molecular complexity index is 941. The van der Waals surface area contributed by atoms with Gasteiger partial charge >= 0.3 is 5.97 Å². The molecule has 1 heterocycles. The number of carbonyl (C=O) groups is 3. The molecule has 8 heteroatoms. The average molecular weight is 426 g/mol. The van der Waals surface area contributed by atoms with Gasteiger partial charge in [0.05, 0.1) is 19.1 Å². The van der Waals surface area contributed by atoms with Crippen LogP contribution in [0, 0.1) is 5.92 Å². The molecule has 164 valence electrons. The highest BCUT2D eigenvalue weighted by Crippen LogP contribution is 2.28. The molecule has 1 atom stereocenters. The van der Waals surface area contributed by atoms with Crippen molar-refractivity contribution in [3.63, 3.8) is 0 Å². The number of rotatable bonds is 8. The van der Waals surface area contributed by atoms with Crippen LogP contribution in [-0.2, 0) is 19.1 Å². The summed E-state index contributed by atoms with van der Waals surface area (Å²) in [6, 6.07) is 14.0. The zero-order valence-corrected chi connectivity index (χ0v) is 17.8. The smallest absolute Gasteiger partial charge is 0.311 e. The Balaban J connectivity index is 1.51. The lowest BCUT2D eigenvalue weighted by Gasteiger charge is -2.17. The lowest BCUT2D eigenvalue weighted by molar-refractivity contribution is -0.151. The second-order valence-electron chi connectivity index (χ2n) is 7.45. The molecule has 0 unspecified atom stereocenters. The molecule has 0 aromatic heterocycles. The molecule has 2 aromatic rings. The number of ether oxygens (including phenoxy) is 3. The van der Waals surface area contributed by atoms with E-state index in [9.17, 15) is 14.4 Å². The first-order valence-electron chi connectivity index (χ1n) is 10.0. The maximum absolute atomic E-state index is 12.4. The number of anilines is 2. The van der Waals surface area contributed by atoms with Gasteiger partial charge in [0.1, 0.15) is 11.5 Å². The highest BCUT2D eigenvalue weighted by atomic mass is 16.5. The van der Waals surface area contributed by atoms with Crippen LogP contribution in [0.5, 0.6) is 11.5 Å². The molecule has 0 radical (unpaired) electrons.